The Morgan fingerprint density at radius 1 is 1.32 bits per heavy atom. The lowest BCUT2D eigenvalue weighted by Gasteiger charge is -2.05. The van der Waals surface area contributed by atoms with Crippen molar-refractivity contribution < 1.29 is 9.21 Å². The van der Waals surface area contributed by atoms with Crippen molar-refractivity contribution in [2.75, 3.05) is 0 Å². The van der Waals surface area contributed by atoms with Crippen molar-refractivity contribution in [3.8, 4) is 5.82 Å². The van der Waals surface area contributed by atoms with Crippen LogP contribution in [0.5, 0.6) is 0 Å². The first-order chi connectivity index (χ1) is 10.8. The summed E-state index contributed by atoms with van der Waals surface area (Å²) in [4.78, 5) is 16.0. The van der Waals surface area contributed by atoms with E-state index in [-0.39, 0.29) is 5.91 Å². The number of hydrogen-bond donors (Lipinski definition) is 1. The van der Waals surface area contributed by atoms with Gasteiger partial charge in [-0.3, -0.25) is 4.79 Å². The quantitative estimate of drug-likeness (QED) is 0.732. The number of amides is 1. The highest BCUT2D eigenvalue weighted by atomic mass is 16.3. The van der Waals surface area contributed by atoms with Crippen LogP contribution >= 0.6 is 0 Å². The van der Waals surface area contributed by atoms with Crippen molar-refractivity contribution in [1.82, 2.24) is 20.1 Å². The van der Waals surface area contributed by atoms with Crippen molar-refractivity contribution in [3.63, 3.8) is 0 Å². The predicted octanol–water partition coefficient (Wildman–Crippen LogP) is 2.19. The molecule has 110 valence electrons. The molecule has 1 N–H and O–H groups in total. The van der Waals surface area contributed by atoms with Crippen LogP contribution in [0, 0.1) is 0 Å². The summed E-state index contributed by atoms with van der Waals surface area (Å²) in [6, 6.07) is 9.11. The maximum atomic E-state index is 11.8. The molecule has 6 nitrogen and oxygen atoms in total. The Hall–Kier alpha value is -3.15. The molecule has 6 heteroatoms. The van der Waals surface area contributed by atoms with E-state index in [0.717, 1.165) is 5.56 Å². The Labute approximate surface area is 127 Å². The number of hydrogen-bond acceptors (Lipinski definition) is 4. The monoisotopic (exact) mass is 294 g/mol. The van der Waals surface area contributed by atoms with Gasteiger partial charge in [0, 0.05) is 31.2 Å². The molecule has 3 aromatic rings. The lowest BCUT2D eigenvalue weighted by molar-refractivity contribution is -0.116. The summed E-state index contributed by atoms with van der Waals surface area (Å²) in [6.07, 6.45) is 9.82. The van der Waals surface area contributed by atoms with Gasteiger partial charge in [-0.25, -0.2) is 9.67 Å². The zero-order valence-corrected chi connectivity index (χ0v) is 11.7. The van der Waals surface area contributed by atoms with Gasteiger partial charge in [0.05, 0.1) is 6.26 Å². The molecule has 0 saturated heterocycles. The third-order valence-electron chi connectivity index (χ3n) is 2.96. The lowest BCUT2D eigenvalue weighted by atomic mass is 10.2. The Balaban J connectivity index is 1.59. The highest BCUT2D eigenvalue weighted by Gasteiger charge is 2.01. The van der Waals surface area contributed by atoms with Crippen LogP contribution in [-0.4, -0.2) is 20.7 Å². The fraction of sp³-hybridized carbons (Fsp3) is 0.0625. The second-order valence-corrected chi connectivity index (χ2v) is 4.54. The third-order valence-corrected chi connectivity index (χ3v) is 2.96. The Kier molecular flexibility index (Phi) is 4.10. The van der Waals surface area contributed by atoms with E-state index in [2.05, 4.69) is 15.4 Å². The van der Waals surface area contributed by atoms with E-state index in [1.165, 1.54) is 6.08 Å². The molecule has 3 aromatic heterocycles. The van der Waals surface area contributed by atoms with Gasteiger partial charge in [-0.15, -0.1) is 0 Å². The Bertz CT molecular complexity index is 761. The summed E-state index contributed by atoms with van der Waals surface area (Å²) in [5, 5.41) is 6.94. The van der Waals surface area contributed by atoms with Gasteiger partial charge in [0.1, 0.15) is 5.76 Å². The van der Waals surface area contributed by atoms with Gasteiger partial charge in [0.2, 0.25) is 5.91 Å². The molecule has 0 spiro atoms. The molecule has 0 bridgehead atoms. The number of carbonyl (C=O) groups excluding carboxylic acids is 1. The maximum Gasteiger partial charge on any atom is 0.244 e. The zero-order valence-electron chi connectivity index (χ0n) is 11.7. The Morgan fingerprint density at radius 2 is 2.27 bits per heavy atom. The highest BCUT2D eigenvalue weighted by molar-refractivity contribution is 5.91. The summed E-state index contributed by atoms with van der Waals surface area (Å²) in [5.41, 5.74) is 0.945. The molecule has 22 heavy (non-hydrogen) atoms. The fourth-order valence-electron chi connectivity index (χ4n) is 1.89. The van der Waals surface area contributed by atoms with Crippen LogP contribution in [0.4, 0.5) is 0 Å². The third kappa shape index (κ3) is 3.49. The molecule has 0 aliphatic heterocycles. The second kappa shape index (κ2) is 6.53. The zero-order chi connectivity index (χ0) is 15.2. The van der Waals surface area contributed by atoms with Gasteiger partial charge in [-0.05, 0) is 42.0 Å². The Morgan fingerprint density at radius 3 is 3.05 bits per heavy atom. The molecule has 0 saturated carbocycles. The average molecular weight is 294 g/mol. The number of nitrogens with zero attached hydrogens (tertiary/aromatic N) is 3. The summed E-state index contributed by atoms with van der Waals surface area (Å²) in [6.45, 7) is 0.415. The van der Waals surface area contributed by atoms with Crippen LogP contribution in [0.25, 0.3) is 11.9 Å². The van der Waals surface area contributed by atoms with E-state index in [1.54, 1.807) is 41.5 Å². The molecule has 0 aliphatic carbocycles. The first kappa shape index (κ1) is 13.8. The van der Waals surface area contributed by atoms with Gasteiger partial charge in [0.15, 0.2) is 5.82 Å². The summed E-state index contributed by atoms with van der Waals surface area (Å²) < 4.78 is 6.79. The number of rotatable bonds is 5. The molecule has 0 aromatic carbocycles. The molecule has 0 fully saturated rings. The van der Waals surface area contributed by atoms with Gasteiger partial charge in [-0.1, -0.05) is 0 Å². The van der Waals surface area contributed by atoms with E-state index in [1.807, 2.05) is 24.4 Å². The standard InChI is InChI=1S/C16H14N4O2/c21-16(5-4-14-3-1-10-22-14)18-12-13-6-8-17-15(11-13)20-9-2-7-19-20/h1-11H,12H2,(H,18,21)/b5-4+. The molecular weight excluding hydrogens is 280 g/mol. The van der Waals surface area contributed by atoms with E-state index in [0.29, 0.717) is 18.1 Å². The number of pyridine rings is 1. The van der Waals surface area contributed by atoms with Crippen molar-refractivity contribution in [3.05, 3.63) is 72.6 Å². The molecule has 3 rings (SSSR count). The number of carbonyl (C=O) groups is 1. The van der Waals surface area contributed by atoms with Crippen LogP contribution in [0.1, 0.15) is 11.3 Å². The van der Waals surface area contributed by atoms with Crippen LogP contribution in [-0.2, 0) is 11.3 Å². The van der Waals surface area contributed by atoms with Crippen LogP contribution < -0.4 is 5.32 Å². The van der Waals surface area contributed by atoms with Gasteiger partial charge < -0.3 is 9.73 Å². The van der Waals surface area contributed by atoms with Crippen molar-refractivity contribution in [2.45, 2.75) is 6.54 Å². The predicted molar refractivity (Wildman–Crippen MR) is 80.9 cm³/mol. The minimum atomic E-state index is -0.186. The van der Waals surface area contributed by atoms with Crippen LogP contribution in [0.3, 0.4) is 0 Å². The van der Waals surface area contributed by atoms with Crippen molar-refractivity contribution in [2.24, 2.45) is 0 Å². The van der Waals surface area contributed by atoms with Gasteiger partial charge in [-0.2, -0.15) is 5.10 Å². The molecule has 1 amide bonds. The molecular formula is C16H14N4O2. The van der Waals surface area contributed by atoms with Crippen LogP contribution in [0.2, 0.25) is 0 Å². The topological polar surface area (TPSA) is 73.0 Å². The number of furan rings is 1. The SMILES string of the molecule is O=C(/C=C/c1ccco1)NCc1ccnc(-n2cccn2)c1. The van der Waals surface area contributed by atoms with E-state index in [9.17, 15) is 4.79 Å². The minimum absolute atomic E-state index is 0.186. The summed E-state index contributed by atoms with van der Waals surface area (Å²) in [5.74, 6) is 1.16. The maximum absolute atomic E-state index is 11.8. The van der Waals surface area contributed by atoms with E-state index >= 15 is 0 Å². The minimum Gasteiger partial charge on any atom is -0.465 e. The molecule has 3 heterocycles. The van der Waals surface area contributed by atoms with Gasteiger partial charge >= 0.3 is 0 Å². The molecule has 0 unspecified atom stereocenters. The average Bonchev–Trinajstić information content (AvgIpc) is 3.24. The second-order valence-electron chi connectivity index (χ2n) is 4.54. The molecule has 0 aliphatic rings. The van der Waals surface area contributed by atoms with Crippen LogP contribution in [0.15, 0.2) is 65.7 Å². The number of nitrogens with one attached hydrogen (secondary N) is 1. The summed E-state index contributed by atoms with van der Waals surface area (Å²) >= 11 is 0. The summed E-state index contributed by atoms with van der Waals surface area (Å²) in [7, 11) is 0. The van der Waals surface area contributed by atoms with Gasteiger partial charge in [0.25, 0.3) is 0 Å². The van der Waals surface area contributed by atoms with E-state index in [4.69, 9.17) is 4.42 Å². The lowest BCUT2D eigenvalue weighted by Crippen LogP contribution is -2.20. The van der Waals surface area contributed by atoms with E-state index < -0.39 is 0 Å². The first-order valence-electron chi connectivity index (χ1n) is 6.75. The molecule has 0 atom stereocenters. The molecule has 0 radical (unpaired) electrons. The van der Waals surface area contributed by atoms with Crippen molar-refractivity contribution in [1.29, 1.82) is 0 Å². The van der Waals surface area contributed by atoms with Crippen molar-refractivity contribution >= 4 is 12.0 Å². The number of aromatic nitrogens is 3. The first-order valence-corrected chi connectivity index (χ1v) is 6.75. The largest absolute Gasteiger partial charge is 0.465 e. The highest BCUT2D eigenvalue weighted by Crippen LogP contribution is 2.06. The fourth-order valence-corrected chi connectivity index (χ4v) is 1.89. The normalized spacial score (nSPS) is 10.9. The smallest absolute Gasteiger partial charge is 0.244 e.